The molecule has 0 unspecified atom stereocenters. The number of nitrogen functional groups attached to an aromatic ring is 1. The first-order valence-corrected chi connectivity index (χ1v) is 7.18. The molecule has 0 radical (unpaired) electrons. The molecule has 0 aliphatic rings. The van der Waals surface area contributed by atoms with Crippen LogP contribution in [0.2, 0.25) is 0 Å². The molecule has 0 aliphatic heterocycles. The van der Waals surface area contributed by atoms with E-state index in [0.717, 1.165) is 0 Å². The van der Waals surface area contributed by atoms with Gasteiger partial charge in [-0.2, -0.15) is 4.98 Å². The predicted octanol–water partition coefficient (Wildman–Crippen LogP) is -0.676. The molecule has 0 saturated heterocycles. The van der Waals surface area contributed by atoms with Gasteiger partial charge in [-0.25, -0.2) is 4.98 Å². The number of nitrogens with two attached hydrogens (primary N) is 1. The van der Waals surface area contributed by atoms with Gasteiger partial charge in [0.15, 0.2) is 11.2 Å². The first kappa shape index (κ1) is 14.4. The van der Waals surface area contributed by atoms with E-state index >= 15 is 0 Å². The predicted molar refractivity (Wildman–Crippen MR) is 70.8 cm³/mol. The molecule has 0 spiro atoms. The summed E-state index contributed by atoms with van der Waals surface area (Å²) in [6.07, 6.45) is 3.70. The summed E-state index contributed by atoms with van der Waals surface area (Å²) < 4.78 is 16.7. The number of hydrogen-bond donors (Lipinski definition) is 4. The van der Waals surface area contributed by atoms with Crippen LogP contribution in [0.5, 0.6) is 0 Å². The van der Waals surface area contributed by atoms with Crippen LogP contribution in [0.4, 0.5) is 5.95 Å². The lowest BCUT2D eigenvalue weighted by Gasteiger charge is -2.02. The maximum absolute atomic E-state index is 11.5. The quantitative estimate of drug-likeness (QED) is 0.418. The van der Waals surface area contributed by atoms with Crippen LogP contribution in [-0.2, 0) is 9.30 Å². The molecule has 5 N–H and O–H groups in total. The van der Waals surface area contributed by atoms with Crippen LogP contribution in [0.1, 0.15) is 0 Å². The number of H-pyrrole nitrogens is 1. The molecule has 2 heterocycles. The molecule has 20 heavy (non-hydrogen) atoms. The zero-order valence-electron chi connectivity index (χ0n) is 10.1. The summed E-state index contributed by atoms with van der Waals surface area (Å²) in [6, 6.07) is 0. The molecule has 0 bridgehead atoms. The molecule has 2 aromatic rings. The topological polar surface area (TPSA) is 156 Å². The molecule has 0 atom stereocenters. The van der Waals surface area contributed by atoms with Crippen molar-refractivity contribution >= 4 is 30.9 Å². The molecule has 0 aliphatic carbocycles. The molecular formula is C9H12N5O5P. The Morgan fingerprint density at radius 1 is 1.55 bits per heavy atom. The number of aromatic amines is 1. The SMILES string of the molecule is Nc1nc2c(ncn2/C=C/COCP(=O)(O)O)c(=O)[nH]1. The molecule has 2 aromatic heterocycles. The number of anilines is 1. The van der Waals surface area contributed by atoms with Gasteiger partial charge >= 0.3 is 7.60 Å². The standard InChI is InChI=1S/C9H12N5O5P/c10-9-12-7-6(8(15)13-9)11-4-14(7)2-1-3-19-5-20(16,17)18/h1-2,4H,3,5H2,(H2,16,17,18)(H3,10,12,13,15)/b2-1+. The Bertz CT molecular complexity index is 745. The Morgan fingerprint density at radius 2 is 2.30 bits per heavy atom. The molecule has 0 saturated carbocycles. The maximum atomic E-state index is 11.5. The lowest BCUT2D eigenvalue weighted by molar-refractivity contribution is 0.185. The van der Waals surface area contributed by atoms with Crippen molar-refractivity contribution in [3.8, 4) is 0 Å². The van der Waals surface area contributed by atoms with Crippen LogP contribution >= 0.6 is 7.60 Å². The van der Waals surface area contributed by atoms with E-state index in [1.807, 2.05) is 0 Å². The summed E-state index contributed by atoms with van der Waals surface area (Å²) in [5.74, 6) is -0.0320. The third-order valence-corrected chi connectivity index (χ3v) is 2.71. The second kappa shape index (κ2) is 5.55. The Kier molecular flexibility index (Phi) is 4.00. The molecule has 0 amide bonds. The van der Waals surface area contributed by atoms with Crippen molar-refractivity contribution in [3.05, 3.63) is 22.8 Å². The summed E-state index contributed by atoms with van der Waals surface area (Å²) >= 11 is 0. The summed E-state index contributed by atoms with van der Waals surface area (Å²) in [7, 11) is -4.17. The lowest BCUT2D eigenvalue weighted by atomic mass is 10.5. The fourth-order valence-corrected chi connectivity index (χ4v) is 1.79. The van der Waals surface area contributed by atoms with Gasteiger partial charge in [-0.1, -0.05) is 0 Å². The van der Waals surface area contributed by atoms with Crippen LogP contribution in [-0.4, -0.2) is 42.3 Å². The second-order valence-corrected chi connectivity index (χ2v) is 5.41. The van der Waals surface area contributed by atoms with E-state index in [-0.39, 0.29) is 23.7 Å². The van der Waals surface area contributed by atoms with E-state index in [2.05, 4.69) is 15.0 Å². The summed E-state index contributed by atoms with van der Waals surface area (Å²) in [5.41, 5.74) is 5.40. The van der Waals surface area contributed by atoms with Crippen LogP contribution < -0.4 is 11.3 Å². The van der Waals surface area contributed by atoms with Crippen LogP contribution in [0.3, 0.4) is 0 Å². The average molecular weight is 301 g/mol. The fourth-order valence-electron chi connectivity index (χ4n) is 1.45. The van der Waals surface area contributed by atoms with Crippen molar-refractivity contribution < 1.29 is 19.1 Å². The largest absolute Gasteiger partial charge is 0.369 e. The number of ether oxygens (including phenoxy) is 1. The van der Waals surface area contributed by atoms with Gasteiger partial charge < -0.3 is 20.3 Å². The highest BCUT2D eigenvalue weighted by Crippen LogP contribution is 2.33. The number of nitrogens with one attached hydrogen (secondary N) is 1. The molecule has 10 nitrogen and oxygen atoms in total. The number of rotatable bonds is 5. The van der Waals surface area contributed by atoms with Gasteiger partial charge in [0.05, 0.1) is 6.61 Å². The summed E-state index contributed by atoms with van der Waals surface area (Å²) in [5, 5.41) is 0. The van der Waals surface area contributed by atoms with Crippen molar-refractivity contribution in [3.63, 3.8) is 0 Å². The van der Waals surface area contributed by atoms with Crippen LogP contribution in [0.25, 0.3) is 17.4 Å². The monoisotopic (exact) mass is 301 g/mol. The third-order valence-electron chi connectivity index (χ3n) is 2.19. The van der Waals surface area contributed by atoms with Gasteiger partial charge in [-0.05, 0) is 6.08 Å². The summed E-state index contributed by atoms with van der Waals surface area (Å²) in [4.78, 5) is 38.8. The van der Waals surface area contributed by atoms with Gasteiger partial charge in [0.1, 0.15) is 12.7 Å². The average Bonchev–Trinajstić information content (AvgIpc) is 2.70. The van der Waals surface area contributed by atoms with E-state index in [4.69, 9.17) is 20.3 Å². The van der Waals surface area contributed by atoms with Crippen molar-refractivity contribution in [1.29, 1.82) is 0 Å². The number of nitrogens with zero attached hydrogens (tertiary/aromatic N) is 3. The van der Waals surface area contributed by atoms with Gasteiger partial charge in [0.2, 0.25) is 5.95 Å². The highest BCUT2D eigenvalue weighted by Gasteiger charge is 2.11. The van der Waals surface area contributed by atoms with Gasteiger partial charge in [0.25, 0.3) is 5.56 Å². The van der Waals surface area contributed by atoms with E-state index in [1.54, 1.807) is 0 Å². The molecule has 108 valence electrons. The third kappa shape index (κ3) is 3.52. The van der Waals surface area contributed by atoms with E-state index in [9.17, 15) is 9.36 Å². The molecule has 0 fully saturated rings. The highest BCUT2D eigenvalue weighted by molar-refractivity contribution is 7.51. The van der Waals surface area contributed by atoms with Gasteiger partial charge in [0, 0.05) is 6.20 Å². The van der Waals surface area contributed by atoms with Crippen LogP contribution in [0, 0.1) is 0 Å². The van der Waals surface area contributed by atoms with Crippen molar-refractivity contribution in [2.24, 2.45) is 0 Å². The first-order valence-electron chi connectivity index (χ1n) is 5.38. The lowest BCUT2D eigenvalue weighted by Crippen LogP contribution is -2.11. The Labute approximate surface area is 112 Å². The van der Waals surface area contributed by atoms with E-state index in [0.29, 0.717) is 0 Å². The summed E-state index contributed by atoms with van der Waals surface area (Å²) in [6.45, 7) is -0.0105. The molecular weight excluding hydrogens is 289 g/mol. The molecule has 2 rings (SSSR count). The maximum Gasteiger partial charge on any atom is 0.350 e. The second-order valence-electron chi connectivity index (χ2n) is 3.82. The zero-order valence-corrected chi connectivity index (χ0v) is 11.0. The zero-order chi connectivity index (χ0) is 14.8. The Balaban J connectivity index is 2.11. The minimum atomic E-state index is -4.17. The number of aromatic nitrogens is 4. The van der Waals surface area contributed by atoms with E-state index in [1.165, 1.54) is 23.2 Å². The van der Waals surface area contributed by atoms with Crippen molar-refractivity contribution in [2.75, 3.05) is 18.7 Å². The smallest absolute Gasteiger partial charge is 0.350 e. The van der Waals surface area contributed by atoms with Gasteiger partial charge in [-0.3, -0.25) is 18.9 Å². The van der Waals surface area contributed by atoms with Crippen molar-refractivity contribution in [1.82, 2.24) is 19.5 Å². The normalized spacial score (nSPS) is 12.5. The first-order chi connectivity index (χ1) is 9.37. The van der Waals surface area contributed by atoms with Crippen molar-refractivity contribution in [2.45, 2.75) is 0 Å². The Hall–Kier alpha value is -2.00. The van der Waals surface area contributed by atoms with E-state index < -0.39 is 19.5 Å². The molecule has 11 heteroatoms. The fraction of sp³-hybridized carbons (Fsp3) is 0.222. The van der Waals surface area contributed by atoms with Gasteiger partial charge in [-0.15, -0.1) is 0 Å². The van der Waals surface area contributed by atoms with Crippen LogP contribution in [0.15, 0.2) is 17.2 Å². The number of hydrogen-bond acceptors (Lipinski definition) is 6. The Morgan fingerprint density at radius 3 is 3.00 bits per heavy atom. The molecule has 0 aromatic carbocycles. The minimum Gasteiger partial charge on any atom is -0.369 e. The highest BCUT2D eigenvalue weighted by atomic mass is 31.2. The number of fused-ring (bicyclic) bond motifs is 1. The minimum absolute atomic E-state index is 0.0105. The number of imidazole rings is 1.